The van der Waals surface area contributed by atoms with Gasteiger partial charge in [-0.15, -0.1) is 0 Å². The Hall–Kier alpha value is -2.47. The standard InChI is InChI=1S/C42H64O5/c1-30(18-14-20-32(3)22-23-37-38(6,7)28-36(46-34(5)43)29-40(37,10)45)16-12-13-17-31(2)19-15-21-33(4)24-25-42-39(8,9)26-35(44)27-41(42,11)47-42/h12-13,16-17,20-25,35-37,44-45H,14-15,18-19,26-29H2,1-11H3/b13-12+,23-22?,25-24+,30-16+,31-17+,32-20+,33-21+/t35-,36-,37?,40+,41+,42-/m0/s1. The van der Waals surface area contributed by atoms with E-state index in [1.165, 1.54) is 29.2 Å². The highest BCUT2D eigenvalue weighted by molar-refractivity contribution is 5.66. The van der Waals surface area contributed by atoms with Crippen LogP contribution in [0.5, 0.6) is 0 Å². The molecule has 2 N–H and O–H groups in total. The molecule has 2 aliphatic carbocycles. The Balaban J connectivity index is 1.42. The van der Waals surface area contributed by atoms with E-state index < -0.39 is 5.60 Å². The number of allylic oxidation sites excluding steroid dienone is 12. The molecular weight excluding hydrogens is 584 g/mol. The predicted molar refractivity (Wildman–Crippen MR) is 195 cm³/mol. The smallest absolute Gasteiger partial charge is 0.302 e. The van der Waals surface area contributed by atoms with E-state index in [0.29, 0.717) is 12.8 Å². The number of carbonyl (C=O) groups excluding carboxylic acids is 1. The van der Waals surface area contributed by atoms with Gasteiger partial charge in [-0.3, -0.25) is 4.79 Å². The van der Waals surface area contributed by atoms with Gasteiger partial charge in [0.2, 0.25) is 0 Å². The Kier molecular flexibility index (Phi) is 12.8. The summed E-state index contributed by atoms with van der Waals surface area (Å²) in [6.45, 7) is 22.8. The monoisotopic (exact) mass is 648 g/mol. The van der Waals surface area contributed by atoms with E-state index in [0.717, 1.165) is 38.5 Å². The Labute approximate surface area is 286 Å². The topological polar surface area (TPSA) is 79.3 Å². The minimum Gasteiger partial charge on any atom is -0.462 e. The van der Waals surface area contributed by atoms with Crippen molar-refractivity contribution in [3.63, 3.8) is 0 Å². The van der Waals surface area contributed by atoms with Crippen LogP contribution in [0, 0.1) is 16.7 Å². The second-order valence-electron chi connectivity index (χ2n) is 16.6. The molecule has 1 saturated heterocycles. The number of aliphatic hydroxyl groups excluding tert-OH is 1. The molecule has 47 heavy (non-hydrogen) atoms. The third-order valence-corrected chi connectivity index (χ3v) is 10.8. The highest BCUT2D eigenvalue weighted by atomic mass is 16.6. The molecule has 0 radical (unpaired) electrons. The lowest BCUT2D eigenvalue weighted by atomic mass is 9.61. The van der Waals surface area contributed by atoms with Crippen LogP contribution in [0.4, 0.5) is 0 Å². The van der Waals surface area contributed by atoms with E-state index in [9.17, 15) is 15.0 Å². The largest absolute Gasteiger partial charge is 0.462 e. The van der Waals surface area contributed by atoms with Gasteiger partial charge in [-0.05, 0) is 91.6 Å². The molecule has 0 aromatic heterocycles. The predicted octanol–water partition coefficient (Wildman–Crippen LogP) is 9.83. The van der Waals surface area contributed by atoms with E-state index in [-0.39, 0.29) is 46.1 Å². The molecule has 5 heteroatoms. The molecule has 6 atom stereocenters. The normalized spacial score (nSPS) is 34.7. The third-order valence-electron chi connectivity index (χ3n) is 10.8. The van der Waals surface area contributed by atoms with Crippen molar-refractivity contribution < 1.29 is 24.5 Å². The molecule has 1 unspecified atom stereocenters. The lowest BCUT2D eigenvalue weighted by Crippen LogP contribution is -2.51. The maximum absolute atomic E-state index is 11.5. The first-order valence-corrected chi connectivity index (χ1v) is 17.7. The van der Waals surface area contributed by atoms with Gasteiger partial charge in [-0.1, -0.05) is 105 Å². The van der Waals surface area contributed by atoms with Crippen molar-refractivity contribution in [3.8, 4) is 0 Å². The van der Waals surface area contributed by atoms with Crippen molar-refractivity contribution in [1.82, 2.24) is 0 Å². The van der Waals surface area contributed by atoms with Gasteiger partial charge in [-0.25, -0.2) is 0 Å². The fourth-order valence-corrected chi connectivity index (χ4v) is 8.37. The second kappa shape index (κ2) is 15.4. The van der Waals surface area contributed by atoms with E-state index in [4.69, 9.17) is 9.47 Å². The van der Waals surface area contributed by atoms with Gasteiger partial charge < -0.3 is 19.7 Å². The molecule has 0 spiro atoms. The maximum Gasteiger partial charge on any atom is 0.302 e. The molecule has 5 nitrogen and oxygen atoms in total. The van der Waals surface area contributed by atoms with E-state index in [1.807, 2.05) is 6.92 Å². The van der Waals surface area contributed by atoms with Gasteiger partial charge in [0.15, 0.2) is 0 Å². The van der Waals surface area contributed by atoms with Gasteiger partial charge in [0, 0.05) is 31.1 Å². The Bertz CT molecular complexity index is 1310. The highest BCUT2D eigenvalue weighted by Crippen LogP contribution is 2.66. The van der Waals surface area contributed by atoms with Crippen molar-refractivity contribution in [2.45, 2.75) is 157 Å². The van der Waals surface area contributed by atoms with Crippen LogP contribution in [0.25, 0.3) is 0 Å². The number of hydrogen-bond donors (Lipinski definition) is 2. The molecule has 0 aromatic rings. The number of esters is 1. The summed E-state index contributed by atoms with van der Waals surface area (Å²) in [5.41, 5.74) is 3.40. The zero-order valence-electron chi connectivity index (χ0n) is 31.3. The molecule has 3 fully saturated rings. The average molecular weight is 649 g/mol. The zero-order chi connectivity index (χ0) is 35.3. The first-order chi connectivity index (χ1) is 21.7. The van der Waals surface area contributed by atoms with Crippen LogP contribution in [0.3, 0.4) is 0 Å². The molecule has 0 bridgehead atoms. The van der Waals surface area contributed by atoms with Crippen LogP contribution in [-0.4, -0.2) is 45.2 Å². The summed E-state index contributed by atoms with van der Waals surface area (Å²) in [6.07, 6.45) is 28.1. The minimum atomic E-state index is -0.933. The summed E-state index contributed by atoms with van der Waals surface area (Å²) in [5.74, 6) is -0.312. The number of hydrogen-bond acceptors (Lipinski definition) is 5. The summed E-state index contributed by atoms with van der Waals surface area (Å²) in [6, 6.07) is 0. The number of fused-ring (bicyclic) bond motifs is 1. The summed E-state index contributed by atoms with van der Waals surface area (Å²) in [7, 11) is 0. The SMILES string of the molecule is CC(=O)O[C@H]1CC(C)(C)C(C=C/C(C)=C/CC/C(C)=C/C=C/C=C(\C)CC/C=C(C)/C=C/[C@@]23O[C@]2(C)C[C@@H](O)CC3(C)C)[C@](C)(O)C1. The molecule has 3 aliphatic rings. The van der Waals surface area contributed by atoms with Crippen LogP contribution in [0.1, 0.15) is 128 Å². The second-order valence-corrected chi connectivity index (χ2v) is 16.6. The van der Waals surface area contributed by atoms with Crippen LogP contribution in [-0.2, 0) is 14.3 Å². The number of epoxide rings is 1. The first kappa shape index (κ1) is 39.0. The van der Waals surface area contributed by atoms with Crippen molar-refractivity contribution in [3.05, 3.63) is 83.1 Å². The van der Waals surface area contributed by atoms with Gasteiger partial charge in [0.25, 0.3) is 0 Å². The van der Waals surface area contributed by atoms with Crippen molar-refractivity contribution in [1.29, 1.82) is 0 Å². The quantitative estimate of drug-likeness (QED) is 0.118. The number of carbonyl (C=O) groups is 1. The van der Waals surface area contributed by atoms with Gasteiger partial charge in [0.05, 0.1) is 11.7 Å². The molecule has 262 valence electrons. The van der Waals surface area contributed by atoms with Crippen LogP contribution >= 0.6 is 0 Å². The van der Waals surface area contributed by atoms with Gasteiger partial charge >= 0.3 is 5.97 Å². The zero-order valence-corrected chi connectivity index (χ0v) is 31.3. The van der Waals surface area contributed by atoms with Crippen LogP contribution < -0.4 is 0 Å². The van der Waals surface area contributed by atoms with Crippen molar-refractivity contribution in [2.24, 2.45) is 16.7 Å². The fraction of sp³-hybridized carbons (Fsp3) is 0.643. The van der Waals surface area contributed by atoms with Gasteiger partial charge in [-0.2, -0.15) is 0 Å². The Morgan fingerprint density at radius 2 is 1.36 bits per heavy atom. The summed E-state index contributed by atoms with van der Waals surface area (Å²) in [5, 5.41) is 21.5. The lowest BCUT2D eigenvalue weighted by molar-refractivity contribution is -0.163. The molecule has 0 aromatic carbocycles. The number of rotatable bonds is 13. The Morgan fingerprint density at radius 1 is 0.809 bits per heavy atom. The third kappa shape index (κ3) is 10.3. The molecule has 2 saturated carbocycles. The minimum absolute atomic E-state index is 0.0233. The average Bonchev–Trinajstić information content (AvgIpc) is 3.53. The van der Waals surface area contributed by atoms with Crippen molar-refractivity contribution >= 4 is 5.97 Å². The van der Waals surface area contributed by atoms with Crippen LogP contribution in [0.2, 0.25) is 0 Å². The fourth-order valence-electron chi connectivity index (χ4n) is 8.37. The summed E-state index contributed by atoms with van der Waals surface area (Å²) >= 11 is 0. The van der Waals surface area contributed by atoms with Gasteiger partial charge in [0.1, 0.15) is 17.3 Å². The van der Waals surface area contributed by atoms with E-state index in [2.05, 4.69) is 123 Å². The lowest BCUT2D eigenvalue weighted by Gasteiger charge is -2.49. The summed E-state index contributed by atoms with van der Waals surface area (Å²) in [4.78, 5) is 11.5. The maximum atomic E-state index is 11.5. The van der Waals surface area contributed by atoms with E-state index >= 15 is 0 Å². The molecule has 1 aliphatic heterocycles. The number of ether oxygens (including phenoxy) is 2. The summed E-state index contributed by atoms with van der Waals surface area (Å²) < 4.78 is 11.7. The first-order valence-electron chi connectivity index (χ1n) is 17.7. The Morgan fingerprint density at radius 3 is 1.87 bits per heavy atom. The molecule has 3 rings (SSSR count). The molecule has 1 heterocycles. The van der Waals surface area contributed by atoms with E-state index in [1.54, 1.807) is 0 Å². The molecule has 0 amide bonds. The number of aliphatic hydroxyl groups is 2. The van der Waals surface area contributed by atoms with Crippen molar-refractivity contribution in [2.75, 3.05) is 0 Å². The highest BCUT2D eigenvalue weighted by Gasteiger charge is 2.74. The molecular formula is C42H64O5. The van der Waals surface area contributed by atoms with Crippen LogP contribution in [0.15, 0.2) is 83.1 Å².